The van der Waals surface area contributed by atoms with Crippen LogP contribution in [0.25, 0.3) is 0 Å². The molecule has 6 nitrogen and oxygen atoms in total. The number of carbonyl (C=O) groups is 3. The molecule has 26 heavy (non-hydrogen) atoms. The number of esters is 1. The second kappa shape index (κ2) is 9.14. The van der Waals surface area contributed by atoms with E-state index in [4.69, 9.17) is 5.26 Å². The van der Waals surface area contributed by atoms with Crippen LogP contribution in [0.2, 0.25) is 0 Å². The van der Waals surface area contributed by atoms with E-state index in [0.29, 0.717) is 23.1 Å². The quantitative estimate of drug-likeness (QED) is 0.610. The lowest BCUT2D eigenvalue weighted by Crippen LogP contribution is -2.29. The third-order valence-corrected chi connectivity index (χ3v) is 3.81. The van der Waals surface area contributed by atoms with Gasteiger partial charge in [0.1, 0.15) is 0 Å². The summed E-state index contributed by atoms with van der Waals surface area (Å²) in [5, 5.41) is 11.3. The number of hydrogen-bond acceptors (Lipinski definition) is 5. The highest BCUT2D eigenvalue weighted by Gasteiger charge is 2.10. The van der Waals surface area contributed by atoms with Crippen molar-refractivity contribution in [1.29, 1.82) is 5.26 Å². The van der Waals surface area contributed by atoms with Crippen LogP contribution in [0, 0.1) is 11.3 Å². The van der Waals surface area contributed by atoms with Gasteiger partial charge >= 0.3 is 5.97 Å². The van der Waals surface area contributed by atoms with E-state index in [2.05, 4.69) is 10.1 Å². The summed E-state index contributed by atoms with van der Waals surface area (Å²) < 4.78 is 4.59. The lowest BCUT2D eigenvalue weighted by molar-refractivity contribution is -0.140. The molecule has 6 heteroatoms. The van der Waals surface area contributed by atoms with E-state index in [-0.39, 0.29) is 30.6 Å². The van der Waals surface area contributed by atoms with E-state index in [1.165, 1.54) is 19.2 Å². The van der Waals surface area contributed by atoms with Crippen molar-refractivity contribution in [1.82, 2.24) is 5.32 Å². The number of hydrogen-bond donors (Lipinski definition) is 1. The molecule has 0 fully saturated rings. The molecule has 2 aromatic carbocycles. The maximum atomic E-state index is 12.2. The van der Waals surface area contributed by atoms with Crippen LogP contribution in [-0.4, -0.2) is 31.3 Å². The van der Waals surface area contributed by atoms with Gasteiger partial charge in [0.15, 0.2) is 5.78 Å². The Kier molecular flexibility index (Phi) is 6.63. The Morgan fingerprint density at radius 1 is 1.00 bits per heavy atom. The van der Waals surface area contributed by atoms with Crippen LogP contribution in [0.1, 0.15) is 38.3 Å². The Bertz CT molecular complexity index is 834. The van der Waals surface area contributed by atoms with E-state index in [0.717, 1.165) is 5.56 Å². The molecule has 0 aliphatic carbocycles. The van der Waals surface area contributed by atoms with Gasteiger partial charge in [-0.3, -0.25) is 14.4 Å². The van der Waals surface area contributed by atoms with Gasteiger partial charge in [0.25, 0.3) is 5.91 Å². The zero-order valence-corrected chi connectivity index (χ0v) is 14.3. The summed E-state index contributed by atoms with van der Waals surface area (Å²) in [5.74, 6) is -0.875. The van der Waals surface area contributed by atoms with Gasteiger partial charge in [0.05, 0.1) is 25.3 Å². The molecule has 0 bridgehead atoms. The number of aryl methyl sites for hydroxylation is 1. The van der Waals surface area contributed by atoms with Crippen LogP contribution in [0.4, 0.5) is 0 Å². The number of nitrogens with one attached hydrogen (secondary N) is 1. The molecule has 0 saturated carbocycles. The molecular weight excluding hydrogens is 332 g/mol. The third kappa shape index (κ3) is 5.28. The van der Waals surface area contributed by atoms with Crippen molar-refractivity contribution in [2.45, 2.75) is 12.8 Å². The lowest BCUT2D eigenvalue weighted by atomic mass is 10.0. The lowest BCUT2D eigenvalue weighted by Gasteiger charge is -2.06. The van der Waals surface area contributed by atoms with E-state index >= 15 is 0 Å². The van der Waals surface area contributed by atoms with Crippen molar-refractivity contribution >= 4 is 17.7 Å². The standard InChI is InChI=1S/C20H18N2O4/c1-26-19(24)11-6-14-2-7-16(8-3-14)18(23)13-22-20(25)17-9-4-15(12-21)5-10-17/h2-5,7-10H,6,11,13H2,1H3,(H,22,25). The van der Waals surface area contributed by atoms with Crippen molar-refractivity contribution in [3.8, 4) is 6.07 Å². The van der Waals surface area contributed by atoms with Gasteiger partial charge in [0, 0.05) is 17.5 Å². The van der Waals surface area contributed by atoms with Gasteiger partial charge in [-0.05, 0) is 36.2 Å². The highest BCUT2D eigenvalue weighted by Crippen LogP contribution is 2.08. The van der Waals surface area contributed by atoms with E-state index < -0.39 is 0 Å². The minimum atomic E-state index is -0.377. The van der Waals surface area contributed by atoms with Gasteiger partial charge in [-0.2, -0.15) is 5.26 Å². The van der Waals surface area contributed by atoms with E-state index in [1.54, 1.807) is 36.4 Å². The van der Waals surface area contributed by atoms with Crippen molar-refractivity contribution in [2.75, 3.05) is 13.7 Å². The van der Waals surface area contributed by atoms with Crippen LogP contribution < -0.4 is 5.32 Å². The van der Waals surface area contributed by atoms with Gasteiger partial charge in [-0.25, -0.2) is 0 Å². The molecule has 1 amide bonds. The van der Waals surface area contributed by atoms with Crippen LogP contribution >= 0.6 is 0 Å². The Morgan fingerprint density at radius 2 is 1.62 bits per heavy atom. The Balaban J connectivity index is 1.87. The fraction of sp³-hybridized carbons (Fsp3) is 0.200. The number of nitrogens with zero attached hydrogens (tertiary/aromatic N) is 1. The average Bonchev–Trinajstić information content (AvgIpc) is 2.70. The fourth-order valence-electron chi connectivity index (χ4n) is 2.27. The first kappa shape index (κ1) is 18.9. The van der Waals surface area contributed by atoms with Gasteiger partial charge in [0.2, 0.25) is 0 Å². The molecule has 1 N–H and O–H groups in total. The van der Waals surface area contributed by atoms with E-state index in [1.807, 2.05) is 6.07 Å². The number of ether oxygens (including phenoxy) is 1. The molecule has 0 saturated heterocycles. The largest absolute Gasteiger partial charge is 0.469 e. The summed E-state index contributed by atoms with van der Waals surface area (Å²) in [4.78, 5) is 35.3. The Labute approximate surface area is 151 Å². The predicted octanol–water partition coefficient (Wildman–Crippen LogP) is 2.28. The minimum Gasteiger partial charge on any atom is -0.469 e. The zero-order chi connectivity index (χ0) is 18.9. The first-order valence-electron chi connectivity index (χ1n) is 8.01. The van der Waals surface area contributed by atoms with Gasteiger partial charge < -0.3 is 10.1 Å². The molecule has 0 aliphatic heterocycles. The number of benzene rings is 2. The highest BCUT2D eigenvalue weighted by molar-refractivity contribution is 6.02. The summed E-state index contributed by atoms with van der Waals surface area (Å²) in [6.45, 7) is -0.125. The van der Waals surface area contributed by atoms with Crippen molar-refractivity contribution in [3.63, 3.8) is 0 Å². The molecule has 2 aromatic rings. The summed E-state index contributed by atoms with van der Waals surface area (Å²) in [6, 6.07) is 15.0. The Morgan fingerprint density at radius 3 is 2.19 bits per heavy atom. The maximum absolute atomic E-state index is 12.2. The number of Topliss-reactive ketones (excluding diaryl/α,β-unsaturated/α-hetero) is 1. The predicted molar refractivity (Wildman–Crippen MR) is 94.6 cm³/mol. The van der Waals surface area contributed by atoms with Crippen LogP contribution in [-0.2, 0) is 16.0 Å². The summed E-state index contributed by atoms with van der Waals surface area (Å²) in [6.07, 6.45) is 0.820. The molecule has 0 radical (unpaired) electrons. The second-order valence-corrected chi connectivity index (χ2v) is 5.57. The number of nitriles is 1. The molecular formula is C20H18N2O4. The monoisotopic (exact) mass is 350 g/mol. The SMILES string of the molecule is COC(=O)CCc1ccc(C(=O)CNC(=O)c2ccc(C#N)cc2)cc1. The van der Waals surface area contributed by atoms with Crippen molar-refractivity contribution < 1.29 is 19.1 Å². The summed E-state index contributed by atoms with van der Waals surface area (Å²) in [5.41, 5.74) is 2.25. The number of amides is 1. The molecule has 2 rings (SSSR count). The normalized spacial score (nSPS) is 9.85. The smallest absolute Gasteiger partial charge is 0.305 e. The molecule has 0 atom stereocenters. The number of methoxy groups -OCH3 is 1. The van der Waals surface area contributed by atoms with Crippen LogP contribution in [0.15, 0.2) is 48.5 Å². The van der Waals surface area contributed by atoms with E-state index in [9.17, 15) is 14.4 Å². The van der Waals surface area contributed by atoms with Crippen molar-refractivity contribution in [2.24, 2.45) is 0 Å². The molecule has 0 unspecified atom stereocenters. The Hall–Kier alpha value is -3.46. The number of rotatable bonds is 7. The first-order chi connectivity index (χ1) is 12.5. The third-order valence-electron chi connectivity index (χ3n) is 3.81. The molecule has 0 spiro atoms. The number of ketones is 1. The summed E-state index contributed by atoms with van der Waals surface area (Å²) in [7, 11) is 1.34. The minimum absolute atomic E-state index is 0.125. The molecule has 0 aliphatic rings. The second-order valence-electron chi connectivity index (χ2n) is 5.57. The molecule has 132 valence electrons. The van der Waals surface area contributed by atoms with Crippen LogP contribution in [0.5, 0.6) is 0 Å². The van der Waals surface area contributed by atoms with Gasteiger partial charge in [-0.15, -0.1) is 0 Å². The van der Waals surface area contributed by atoms with Gasteiger partial charge in [-0.1, -0.05) is 24.3 Å². The fourth-order valence-corrected chi connectivity index (χ4v) is 2.27. The number of carbonyl (C=O) groups excluding carboxylic acids is 3. The van der Waals surface area contributed by atoms with Crippen molar-refractivity contribution in [3.05, 3.63) is 70.8 Å². The average molecular weight is 350 g/mol. The first-order valence-corrected chi connectivity index (χ1v) is 8.01. The molecule has 0 heterocycles. The van der Waals surface area contributed by atoms with Crippen LogP contribution in [0.3, 0.4) is 0 Å². The zero-order valence-electron chi connectivity index (χ0n) is 14.3. The molecule has 0 aromatic heterocycles. The highest BCUT2D eigenvalue weighted by atomic mass is 16.5. The maximum Gasteiger partial charge on any atom is 0.305 e. The topological polar surface area (TPSA) is 96.3 Å². The summed E-state index contributed by atoms with van der Waals surface area (Å²) >= 11 is 0.